The highest BCUT2D eigenvalue weighted by Gasteiger charge is 2.26. The minimum Gasteiger partial charge on any atom is -0.393 e. The molecule has 1 aliphatic carbocycles. The first-order valence-electron chi connectivity index (χ1n) is 5.48. The number of nitrogens with one attached hydrogen (secondary N) is 1. The fraction of sp³-hybridized carbons (Fsp3) is 0.500. The quantitative estimate of drug-likeness (QED) is 0.851. The number of benzene rings is 1. The predicted molar refractivity (Wildman–Crippen MR) is 61.8 cm³/mol. The van der Waals surface area contributed by atoms with Crippen LogP contribution >= 0.6 is 11.6 Å². The molecule has 0 radical (unpaired) electrons. The van der Waals surface area contributed by atoms with E-state index in [2.05, 4.69) is 5.32 Å². The molecule has 88 valence electrons. The van der Waals surface area contributed by atoms with Crippen molar-refractivity contribution in [1.82, 2.24) is 5.32 Å². The summed E-state index contributed by atoms with van der Waals surface area (Å²) in [4.78, 5) is 0. The summed E-state index contributed by atoms with van der Waals surface area (Å²) in [6.07, 6.45) is 1.57. The number of halogens is 2. The zero-order chi connectivity index (χ0) is 11.5. The van der Waals surface area contributed by atoms with Gasteiger partial charge in [-0.25, -0.2) is 4.39 Å². The average Bonchev–Trinajstić information content (AvgIpc) is 2.21. The molecule has 1 saturated carbocycles. The zero-order valence-electron chi connectivity index (χ0n) is 8.92. The first-order chi connectivity index (χ1) is 7.66. The van der Waals surface area contributed by atoms with Gasteiger partial charge in [0.25, 0.3) is 0 Å². The summed E-state index contributed by atoms with van der Waals surface area (Å²) < 4.78 is 13.5. The molecule has 1 fully saturated rings. The first kappa shape index (κ1) is 11.8. The van der Waals surface area contributed by atoms with Gasteiger partial charge in [0.05, 0.1) is 11.1 Å². The van der Waals surface area contributed by atoms with E-state index in [1.54, 1.807) is 18.2 Å². The van der Waals surface area contributed by atoms with E-state index in [1.165, 1.54) is 0 Å². The van der Waals surface area contributed by atoms with Crippen LogP contribution in [0, 0.1) is 11.7 Å². The van der Waals surface area contributed by atoms with Crippen LogP contribution in [0.3, 0.4) is 0 Å². The maximum absolute atomic E-state index is 13.5. The van der Waals surface area contributed by atoms with E-state index in [0.29, 0.717) is 18.0 Å². The van der Waals surface area contributed by atoms with Crippen molar-refractivity contribution in [3.05, 3.63) is 34.6 Å². The highest BCUT2D eigenvalue weighted by molar-refractivity contribution is 6.30. The van der Waals surface area contributed by atoms with Crippen LogP contribution in [0.4, 0.5) is 4.39 Å². The van der Waals surface area contributed by atoms with Crippen molar-refractivity contribution in [2.75, 3.05) is 6.54 Å². The van der Waals surface area contributed by atoms with Crippen LogP contribution in [0.2, 0.25) is 5.02 Å². The molecule has 0 aromatic heterocycles. The second-order valence-electron chi connectivity index (χ2n) is 4.34. The van der Waals surface area contributed by atoms with Crippen LogP contribution < -0.4 is 5.32 Å². The van der Waals surface area contributed by atoms with Gasteiger partial charge < -0.3 is 10.4 Å². The van der Waals surface area contributed by atoms with Crippen molar-refractivity contribution < 1.29 is 9.50 Å². The van der Waals surface area contributed by atoms with E-state index < -0.39 is 0 Å². The van der Waals surface area contributed by atoms with E-state index in [0.717, 1.165) is 19.4 Å². The van der Waals surface area contributed by atoms with Crippen LogP contribution in [0.5, 0.6) is 0 Å². The van der Waals surface area contributed by atoms with Gasteiger partial charge in [-0.2, -0.15) is 0 Å². The van der Waals surface area contributed by atoms with Crippen LogP contribution in [0.15, 0.2) is 18.2 Å². The Hall–Kier alpha value is -0.640. The standard InChI is InChI=1S/C12H15ClFNO/c13-11-3-1-2-9(12(11)14)7-15-6-8-4-10(16)5-8/h1-3,8,10,15-16H,4-7H2. The molecular weight excluding hydrogens is 229 g/mol. The summed E-state index contributed by atoms with van der Waals surface area (Å²) in [6, 6.07) is 5.02. The van der Waals surface area contributed by atoms with Gasteiger partial charge in [0.15, 0.2) is 0 Å². The molecule has 1 aromatic rings. The summed E-state index contributed by atoms with van der Waals surface area (Å²) >= 11 is 5.68. The Morgan fingerprint density at radius 1 is 1.44 bits per heavy atom. The van der Waals surface area contributed by atoms with Gasteiger partial charge in [0.2, 0.25) is 0 Å². The first-order valence-corrected chi connectivity index (χ1v) is 5.86. The van der Waals surface area contributed by atoms with E-state index in [1.807, 2.05) is 0 Å². The molecule has 2 nitrogen and oxygen atoms in total. The zero-order valence-corrected chi connectivity index (χ0v) is 9.67. The Bertz CT molecular complexity index is 366. The maximum atomic E-state index is 13.5. The van der Waals surface area contributed by atoms with Crippen LogP contribution in [-0.2, 0) is 6.54 Å². The van der Waals surface area contributed by atoms with Gasteiger partial charge in [0, 0.05) is 12.1 Å². The monoisotopic (exact) mass is 243 g/mol. The lowest BCUT2D eigenvalue weighted by Crippen LogP contribution is -2.36. The van der Waals surface area contributed by atoms with E-state index in [4.69, 9.17) is 16.7 Å². The Morgan fingerprint density at radius 2 is 2.19 bits per heavy atom. The maximum Gasteiger partial charge on any atom is 0.146 e. The van der Waals surface area contributed by atoms with E-state index in [-0.39, 0.29) is 16.9 Å². The highest BCUT2D eigenvalue weighted by Crippen LogP contribution is 2.26. The van der Waals surface area contributed by atoms with Gasteiger partial charge in [0.1, 0.15) is 5.82 Å². The van der Waals surface area contributed by atoms with Crippen molar-refractivity contribution in [3.63, 3.8) is 0 Å². The molecule has 0 atom stereocenters. The molecule has 0 unspecified atom stereocenters. The third-order valence-electron chi connectivity index (χ3n) is 2.99. The molecular formula is C12H15ClFNO. The Kier molecular flexibility index (Phi) is 3.79. The van der Waals surface area contributed by atoms with Crippen LogP contribution in [0.25, 0.3) is 0 Å². The topological polar surface area (TPSA) is 32.3 Å². The van der Waals surface area contributed by atoms with E-state index in [9.17, 15) is 4.39 Å². The number of aliphatic hydroxyl groups is 1. The molecule has 0 amide bonds. The lowest BCUT2D eigenvalue weighted by molar-refractivity contribution is 0.0429. The highest BCUT2D eigenvalue weighted by atomic mass is 35.5. The Labute approximate surface area is 99.4 Å². The van der Waals surface area contributed by atoms with Gasteiger partial charge in [-0.15, -0.1) is 0 Å². The fourth-order valence-electron chi connectivity index (χ4n) is 1.96. The Balaban J connectivity index is 1.79. The van der Waals surface area contributed by atoms with Crippen LogP contribution in [0.1, 0.15) is 18.4 Å². The summed E-state index contributed by atoms with van der Waals surface area (Å²) in [6.45, 7) is 1.31. The average molecular weight is 244 g/mol. The number of aliphatic hydroxyl groups excluding tert-OH is 1. The SMILES string of the molecule is OC1CC(CNCc2cccc(Cl)c2F)C1. The molecule has 0 bridgehead atoms. The lowest BCUT2D eigenvalue weighted by Gasteiger charge is -2.31. The summed E-state index contributed by atoms with van der Waals surface area (Å²) in [5.74, 6) is 0.183. The number of hydrogen-bond donors (Lipinski definition) is 2. The molecule has 1 aromatic carbocycles. The largest absolute Gasteiger partial charge is 0.393 e. The van der Waals surface area contributed by atoms with Gasteiger partial charge >= 0.3 is 0 Å². The molecule has 4 heteroatoms. The molecule has 0 spiro atoms. The molecule has 2 rings (SSSR count). The summed E-state index contributed by atoms with van der Waals surface area (Å²) in [5, 5.41) is 12.5. The third kappa shape index (κ3) is 2.73. The van der Waals surface area contributed by atoms with Gasteiger partial charge in [-0.05, 0) is 31.4 Å². The molecule has 0 aliphatic heterocycles. The summed E-state index contributed by atoms with van der Waals surface area (Å²) in [5.41, 5.74) is 0.590. The minimum absolute atomic E-state index is 0.130. The number of hydrogen-bond acceptors (Lipinski definition) is 2. The van der Waals surface area contributed by atoms with Crippen molar-refractivity contribution in [3.8, 4) is 0 Å². The molecule has 16 heavy (non-hydrogen) atoms. The second-order valence-corrected chi connectivity index (χ2v) is 4.74. The van der Waals surface area contributed by atoms with Crippen molar-refractivity contribution in [1.29, 1.82) is 0 Å². The molecule has 0 heterocycles. The normalized spacial score (nSPS) is 24.2. The van der Waals surface area contributed by atoms with Gasteiger partial charge in [-0.3, -0.25) is 0 Å². The smallest absolute Gasteiger partial charge is 0.146 e. The van der Waals surface area contributed by atoms with Crippen molar-refractivity contribution in [2.45, 2.75) is 25.5 Å². The lowest BCUT2D eigenvalue weighted by atomic mass is 9.82. The second kappa shape index (κ2) is 5.13. The van der Waals surface area contributed by atoms with Crippen molar-refractivity contribution in [2.24, 2.45) is 5.92 Å². The molecule has 1 aliphatic rings. The van der Waals surface area contributed by atoms with E-state index >= 15 is 0 Å². The summed E-state index contributed by atoms with van der Waals surface area (Å²) in [7, 11) is 0. The van der Waals surface area contributed by atoms with Crippen LogP contribution in [-0.4, -0.2) is 17.8 Å². The fourth-order valence-corrected chi connectivity index (χ4v) is 2.16. The molecule has 0 saturated heterocycles. The minimum atomic E-state index is -0.342. The molecule has 2 N–H and O–H groups in total. The number of rotatable bonds is 4. The van der Waals surface area contributed by atoms with Gasteiger partial charge in [-0.1, -0.05) is 23.7 Å². The Morgan fingerprint density at radius 3 is 2.88 bits per heavy atom. The third-order valence-corrected chi connectivity index (χ3v) is 3.28. The predicted octanol–water partition coefficient (Wildman–Crippen LogP) is 2.34. The van der Waals surface area contributed by atoms with Crippen molar-refractivity contribution >= 4 is 11.6 Å².